The summed E-state index contributed by atoms with van der Waals surface area (Å²) in [5.41, 5.74) is 4.19. The lowest BCUT2D eigenvalue weighted by molar-refractivity contribution is 0.0601. The number of methoxy groups -OCH3 is 2. The molecule has 0 bridgehead atoms. The molecule has 24 heavy (non-hydrogen) atoms. The molecule has 0 aliphatic heterocycles. The second-order valence-corrected chi connectivity index (χ2v) is 5.33. The number of hydrogen-bond donors (Lipinski definition) is 0. The number of benzene rings is 3. The van der Waals surface area contributed by atoms with Crippen molar-refractivity contribution in [3.63, 3.8) is 0 Å². The van der Waals surface area contributed by atoms with Crippen molar-refractivity contribution in [2.24, 2.45) is 0 Å². The summed E-state index contributed by atoms with van der Waals surface area (Å²) in [5.74, 6) is 0.368. The predicted octanol–water partition coefficient (Wildman–Crippen LogP) is 4.82. The molecule has 120 valence electrons. The van der Waals surface area contributed by atoms with Crippen LogP contribution >= 0.6 is 0 Å². The van der Waals surface area contributed by atoms with E-state index in [-0.39, 0.29) is 5.97 Å². The third kappa shape index (κ3) is 3.01. The summed E-state index contributed by atoms with van der Waals surface area (Å²) >= 11 is 0. The summed E-state index contributed by atoms with van der Waals surface area (Å²) in [5, 5.41) is 0. The highest BCUT2D eigenvalue weighted by atomic mass is 16.5. The number of hydrogen-bond acceptors (Lipinski definition) is 3. The second kappa shape index (κ2) is 7.01. The summed E-state index contributed by atoms with van der Waals surface area (Å²) in [7, 11) is 3.03. The molecule has 0 aliphatic carbocycles. The van der Waals surface area contributed by atoms with E-state index in [1.165, 1.54) is 7.11 Å². The Kier molecular flexibility index (Phi) is 4.62. The number of ether oxygens (including phenoxy) is 2. The quantitative estimate of drug-likeness (QED) is 0.647. The van der Waals surface area contributed by atoms with Crippen LogP contribution in [-0.2, 0) is 4.74 Å². The Morgan fingerprint density at radius 1 is 0.750 bits per heavy atom. The van der Waals surface area contributed by atoms with Gasteiger partial charge in [-0.25, -0.2) is 4.79 Å². The molecule has 0 amide bonds. The fraction of sp³-hybridized carbons (Fsp3) is 0.0952. The highest BCUT2D eigenvalue weighted by molar-refractivity contribution is 5.95. The van der Waals surface area contributed by atoms with Gasteiger partial charge in [-0.05, 0) is 23.3 Å². The largest absolute Gasteiger partial charge is 0.495 e. The van der Waals surface area contributed by atoms with Crippen LogP contribution in [0.5, 0.6) is 5.75 Å². The van der Waals surface area contributed by atoms with E-state index in [0.717, 1.165) is 28.0 Å². The number of rotatable bonds is 4. The van der Waals surface area contributed by atoms with Gasteiger partial charge in [-0.15, -0.1) is 0 Å². The molecular weight excluding hydrogens is 300 g/mol. The molecule has 0 saturated carbocycles. The van der Waals surface area contributed by atoms with Crippen molar-refractivity contribution < 1.29 is 14.3 Å². The second-order valence-electron chi connectivity index (χ2n) is 5.33. The molecule has 3 heteroatoms. The first-order chi connectivity index (χ1) is 11.7. The van der Waals surface area contributed by atoms with Crippen molar-refractivity contribution in [3.8, 4) is 28.0 Å². The zero-order chi connectivity index (χ0) is 16.9. The van der Waals surface area contributed by atoms with E-state index in [1.54, 1.807) is 7.11 Å². The molecule has 0 aromatic heterocycles. The van der Waals surface area contributed by atoms with Crippen LogP contribution in [0.1, 0.15) is 10.4 Å². The standard InChI is InChI=1S/C21H18O3/c1-23-20-18(15-9-5-3-6-10-15)13-17(21(22)24-2)14-19(20)16-11-7-4-8-12-16/h3-14H,1-2H3. The van der Waals surface area contributed by atoms with Gasteiger partial charge in [0, 0.05) is 11.1 Å². The molecule has 3 nitrogen and oxygen atoms in total. The lowest BCUT2D eigenvalue weighted by Crippen LogP contribution is -2.03. The molecule has 0 saturated heterocycles. The topological polar surface area (TPSA) is 35.5 Å². The fourth-order valence-electron chi connectivity index (χ4n) is 2.75. The minimum atomic E-state index is -0.369. The molecular formula is C21H18O3. The van der Waals surface area contributed by atoms with Crippen LogP contribution in [0.15, 0.2) is 72.8 Å². The summed E-state index contributed by atoms with van der Waals surface area (Å²) in [6.45, 7) is 0. The van der Waals surface area contributed by atoms with Crippen LogP contribution < -0.4 is 4.74 Å². The van der Waals surface area contributed by atoms with Gasteiger partial charge in [0.25, 0.3) is 0 Å². The van der Waals surface area contributed by atoms with E-state index >= 15 is 0 Å². The van der Waals surface area contributed by atoms with Gasteiger partial charge < -0.3 is 9.47 Å². The van der Waals surface area contributed by atoms with E-state index in [1.807, 2.05) is 72.8 Å². The predicted molar refractivity (Wildman–Crippen MR) is 95.2 cm³/mol. The minimum absolute atomic E-state index is 0.369. The van der Waals surface area contributed by atoms with Gasteiger partial charge in [-0.2, -0.15) is 0 Å². The van der Waals surface area contributed by atoms with Crippen molar-refractivity contribution in [1.82, 2.24) is 0 Å². The van der Waals surface area contributed by atoms with Gasteiger partial charge in [-0.3, -0.25) is 0 Å². The van der Waals surface area contributed by atoms with E-state index in [4.69, 9.17) is 9.47 Å². The van der Waals surface area contributed by atoms with Crippen LogP contribution in [0.3, 0.4) is 0 Å². The lowest BCUT2D eigenvalue weighted by Gasteiger charge is -2.16. The van der Waals surface area contributed by atoms with Crippen molar-refractivity contribution in [1.29, 1.82) is 0 Å². The first-order valence-corrected chi connectivity index (χ1v) is 7.65. The van der Waals surface area contributed by atoms with E-state index < -0.39 is 0 Å². The minimum Gasteiger partial charge on any atom is -0.495 e. The lowest BCUT2D eigenvalue weighted by atomic mass is 9.94. The number of carbonyl (C=O) groups is 1. The Labute approximate surface area is 141 Å². The zero-order valence-electron chi connectivity index (χ0n) is 13.7. The van der Waals surface area contributed by atoms with Crippen LogP contribution in [0.25, 0.3) is 22.3 Å². The highest BCUT2D eigenvalue weighted by Crippen LogP contribution is 2.40. The average Bonchev–Trinajstić information content (AvgIpc) is 2.67. The maximum Gasteiger partial charge on any atom is 0.337 e. The summed E-state index contributed by atoms with van der Waals surface area (Å²) in [4.78, 5) is 12.1. The SMILES string of the molecule is COC(=O)c1cc(-c2ccccc2)c(OC)c(-c2ccccc2)c1. The maximum absolute atomic E-state index is 12.1. The Balaban J connectivity index is 2.30. The van der Waals surface area contributed by atoms with Crippen molar-refractivity contribution in [2.45, 2.75) is 0 Å². The third-order valence-corrected chi connectivity index (χ3v) is 3.88. The zero-order valence-corrected chi connectivity index (χ0v) is 13.7. The van der Waals surface area contributed by atoms with Gasteiger partial charge in [-0.1, -0.05) is 60.7 Å². The third-order valence-electron chi connectivity index (χ3n) is 3.88. The van der Waals surface area contributed by atoms with Crippen LogP contribution in [-0.4, -0.2) is 20.2 Å². The summed E-state index contributed by atoms with van der Waals surface area (Å²) in [6.07, 6.45) is 0. The molecule has 0 heterocycles. The molecule has 0 unspecified atom stereocenters. The molecule has 0 fully saturated rings. The Bertz CT molecular complexity index is 779. The van der Waals surface area contributed by atoms with Gasteiger partial charge >= 0.3 is 5.97 Å². The molecule has 3 rings (SSSR count). The van der Waals surface area contributed by atoms with Gasteiger partial charge in [0.15, 0.2) is 0 Å². The molecule has 0 aliphatic rings. The van der Waals surface area contributed by atoms with E-state index in [0.29, 0.717) is 5.56 Å². The van der Waals surface area contributed by atoms with E-state index in [2.05, 4.69) is 0 Å². The molecule has 3 aromatic carbocycles. The first-order valence-electron chi connectivity index (χ1n) is 7.65. The summed E-state index contributed by atoms with van der Waals surface area (Å²) in [6, 6.07) is 23.4. The molecule has 3 aromatic rings. The smallest absolute Gasteiger partial charge is 0.337 e. The number of carbonyl (C=O) groups excluding carboxylic acids is 1. The Hall–Kier alpha value is -3.07. The highest BCUT2D eigenvalue weighted by Gasteiger charge is 2.18. The Morgan fingerprint density at radius 3 is 1.58 bits per heavy atom. The fourth-order valence-corrected chi connectivity index (χ4v) is 2.75. The van der Waals surface area contributed by atoms with Crippen LogP contribution in [0.4, 0.5) is 0 Å². The van der Waals surface area contributed by atoms with Crippen molar-refractivity contribution in [3.05, 3.63) is 78.4 Å². The van der Waals surface area contributed by atoms with Crippen LogP contribution in [0.2, 0.25) is 0 Å². The number of esters is 1. The average molecular weight is 318 g/mol. The normalized spacial score (nSPS) is 10.2. The van der Waals surface area contributed by atoms with Gasteiger partial charge in [0.1, 0.15) is 5.75 Å². The van der Waals surface area contributed by atoms with Gasteiger partial charge in [0.05, 0.1) is 19.8 Å². The molecule has 0 N–H and O–H groups in total. The van der Waals surface area contributed by atoms with Crippen molar-refractivity contribution >= 4 is 5.97 Å². The molecule has 0 radical (unpaired) electrons. The Morgan fingerprint density at radius 2 is 1.21 bits per heavy atom. The summed E-state index contributed by atoms with van der Waals surface area (Å²) < 4.78 is 10.6. The van der Waals surface area contributed by atoms with Crippen molar-refractivity contribution in [2.75, 3.05) is 14.2 Å². The van der Waals surface area contributed by atoms with Crippen LogP contribution in [0, 0.1) is 0 Å². The maximum atomic E-state index is 12.1. The van der Waals surface area contributed by atoms with Gasteiger partial charge in [0.2, 0.25) is 0 Å². The molecule has 0 atom stereocenters. The first kappa shape index (κ1) is 15.8. The van der Waals surface area contributed by atoms with E-state index in [9.17, 15) is 4.79 Å². The molecule has 0 spiro atoms. The monoisotopic (exact) mass is 318 g/mol.